The summed E-state index contributed by atoms with van der Waals surface area (Å²) >= 11 is 5.99. The summed E-state index contributed by atoms with van der Waals surface area (Å²) in [5.74, 6) is 2.13. The van der Waals surface area contributed by atoms with Crippen molar-refractivity contribution in [1.82, 2.24) is 30.6 Å². The van der Waals surface area contributed by atoms with Crippen molar-refractivity contribution in [2.45, 2.75) is 13.0 Å². The summed E-state index contributed by atoms with van der Waals surface area (Å²) in [6.07, 6.45) is 1.25. The maximum atomic E-state index is 5.99. The summed E-state index contributed by atoms with van der Waals surface area (Å²) in [6.45, 7) is 1.84. The van der Waals surface area contributed by atoms with Crippen LogP contribution in [-0.2, 0) is 0 Å². The molecule has 2 aromatic carbocycles. The van der Waals surface area contributed by atoms with Crippen LogP contribution in [0.5, 0.6) is 17.4 Å². The first-order chi connectivity index (χ1) is 12.7. The number of fused-ring (bicyclic) bond motifs is 1. The molecule has 0 spiro atoms. The van der Waals surface area contributed by atoms with E-state index < -0.39 is 0 Å². The van der Waals surface area contributed by atoms with Gasteiger partial charge in [-0.05, 0) is 49.4 Å². The number of aromatic amines is 1. The number of ether oxygens (including phenoxy) is 2. The second kappa shape index (κ2) is 6.93. The quantitative estimate of drug-likeness (QED) is 0.573. The zero-order chi connectivity index (χ0) is 17.9. The SMILES string of the molecule is CC(Oc1ccc(Oc2cnc3ccc(Cl)cc3n2)cc1)c1nn[nH]n1. The summed E-state index contributed by atoms with van der Waals surface area (Å²) in [6, 6.07) is 12.5. The van der Waals surface area contributed by atoms with Crippen LogP contribution in [0, 0.1) is 0 Å². The predicted octanol–water partition coefficient (Wildman–Crippen LogP) is 3.73. The molecule has 130 valence electrons. The molecule has 0 amide bonds. The van der Waals surface area contributed by atoms with E-state index in [0.717, 1.165) is 5.52 Å². The van der Waals surface area contributed by atoms with Crippen LogP contribution < -0.4 is 9.47 Å². The lowest BCUT2D eigenvalue weighted by Gasteiger charge is -2.11. The van der Waals surface area contributed by atoms with Gasteiger partial charge in [-0.25, -0.2) is 9.97 Å². The second-order valence-electron chi connectivity index (χ2n) is 5.44. The van der Waals surface area contributed by atoms with Crippen molar-refractivity contribution in [1.29, 1.82) is 0 Å². The van der Waals surface area contributed by atoms with E-state index in [4.69, 9.17) is 21.1 Å². The van der Waals surface area contributed by atoms with Crippen molar-refractivity contribution >= 4 is 22.6 Å². The van der Waals surface area contributed by atoms with Crippen molar-refractivity contribution in [3.63, 3.8) is 0 Å². The third-order valence-corrected chi connectivity index (χ3v) is 3.80. The van der Waals surface area contributed by atoms with Crippen LogP contribution >= 0.6 is 11.6 Å². The highest BCUT2D eigenvalue weighted by Gasteiger charge is 2.12. The standard InChI is InChI=1S/C17H13ClN6O2/c1-10(17-21-23-24-22-17)25-12-3-5-13(6-4-12)26-16-9-19-14-7-2-11(18)8-15(14)20-16/h2-10H,1H3,(H,21,22,23,24). The lowest BCUT2D eigenvalue weighted by molar-refractivity contribution is 0.216. The minimum atomic E-state index is -0.323. The molecule has 2 aromatic heterocycles. The molecular formula is C17H13ClN6O2. The first kappa shape index (κ1) is 16.2. The van der Waals surface area contributed by atoms with Gasteiger partial charge in [0.05, 0.1) is 17.2 Å². The van der Waals surface area contributed by atoms with Gasteiger partial charge in [0.1, 0.15) is 11.5 Å². The van der Waals surface area contributed by atoms with Gasteiger partial charge in [-0.15, -0.1) is 10.2 Å². The van der Waals surface area contributed by atoms with Gasteiger partial charge < -0.3 is 9.47 Å². The van der Waals surface area contributed by atoms with E-state index in [1.54, 1.807) is 42.6 Å². The average Bonchev–Trinajstić information content (AvgIpc) is 3.18. The molecule has 8 nitrogen and oxygen atoms in total. The third kappa shape index (κ3) is 3.55. The molecule has 1 atom stereocenters. The van der Waals surface area contributed by atoms with Gasteiger partial charge in [-0.1, -0.05) is 16.8 Å². The lowest BCUT2D eigenvalue weighted by atomic mass is 10.3. The Labute approximate surface area is 153 Å². The van der Waals surface area contributed by atoms with Crippen LogP contribution in [0.4, 0.5) is 0 Å². The van der Waals surface area contributed by atoms with Gasteiger partial charge in [0.15, 0.2) is 6.10 Å². The third-order valence-electron chi connectivity index (χ3n) is 3.57. The van der Waals surface area contributed by atoms with Crippen LogP contribution in [0.2, 0.25) is 5.02 Å². The molecule has 4 rings (SSSR count). The highest BCUT2D eigenvalue weighted by atomic mass is 35.5. The molecule has 9 heteroatoms. The van der Waals surface area contributed by atoms with E-state index in [1.165, 1.54) is 0 Å². The number of aromatic nitrogens is 6. The van der Waals surface area contributed by atoms with Gasteiger partial charge in [-0.2, -0.15) is 5.21 Å². The molecule has 0 aliphatic rings. The summed E-state index contributed by atoms with van der Waals surface area (Å²) in [5.41, 5.74) is 1.42. The Hall–Kier alpha value is -3.26. The number of nitrogens with one attached hydrogen (secondary N) is 1. The van der Waals surface area contributed by atoms with Crippen molar-refractivity contribution in [2.75, 3.05) is 0 Å². The van der Waals surface area contributed by atoms with Crippen molar-refractivity contribution < 1.29 is 9.47 Å². The Balaban J connectivity index is 1.47. The number of hydrogen-bond acceptors (Lipinski definition) is 7. The maximum Gasteiger partial charge on any atom is 0.238 e. The number of H-pyrrole nitrogens is 1. The Morgan fingerprint density at radius 2 is 1.85 bits per heavy atom. The summed E-state index contributed by atoms with van der Waals surface area (Å²) in [5, 5.41) is 14.3. The number of hydrogen-bond donors (Lipinski definition) is 1. The molecule has 26 heavy (non-hydrogen) atoms. The van der Waals surface area contributed by atoms with E-state index in [2.05, 4.69) is 30.6 Å². The number of tetrazole rings is 1. The first-order valence-corrected chi connectivity index (χ1v) is 8.15. The maximum absolute atomic E-state index is 5.99. The summed E-state index contributed by atoms with van der Waals surface area (Å²) < 4.78 is 11.5. The van der Waals surface area contributed by atoms with E-state index in [-0.39, 0.29) is 6.10 Å². The smallest absolute Gasteiger partial charge is 0.238 e. The highest BCUT2D eigenvalue weighted by Crippen LogP contribution is 2.26. The Morgan fingerprint density at radius 3 is 2.62 bits per heavy atom. The normalized spacial score (nSPS) is 12.1. The Kier molecular flexibility index (Phi) is 4.32. The fourth-order valence-electron chi connectivity index (χ4n) is 2.32. The molecule has 0 aliphatic carbocycles. The zero-order valence-electron chi connectivity index (χ0n) is 13.6. The van der Waals surface area contributed by atoms with Crippen LogP contribution in [0.25, 0.3) is 11.0 Å². The molecule has 0 fully saturated rings. The minimum absolute atomic E-state index is 0.323. The zero-order valence-corrected chi connectivity index (χ0v) is 14.4. The van der Waals surface area contributed by atoms with Gasteiger partial charge >= 0.3 is 0 Å². The van der Waals surface area contributed by atoms with Gasteiger partial charge in [0.25, 0.3) is 0 Å². The van der Waals surface area contributed by atoms with E-state index in [1.807, 2.05) is 13.0 Å². The lowest BCUT2D eigenvalue weighted by Crippen LogP contribution is -2.05. The minimum Gasteiger partial charge on any atom is -0.483 e. The summed E-state index contributed by atoms with van der Waals surface area (Å²) in [4.78, 5) is 8.72. The molecular weight excluding hydrogens is 356 g/mol. The fourth-order valence-corrected chi connectivity index (χ4v) is 2.49. The Bertz CT molecular complexity index is 1020. The van der Waals surface area contributed by atoms with Crippen LogP contribution in [0.15, 0.2) is 48.7 Å². The van der Waals surface area contributed by atoms with Crippen molar-refractivity contribution in [3.05, 3.63) is 59.5 Å². The fraction of sp³-hybridized carbons (Fsp3) is 0.118. The van der Waals surface area contributed by atoms with Crippen LogP contribution in [0.3, 0.4) is 0 Å². The largest absolute Gasteiger partial charge is 0.483 e. The van der Waals surface area contributed by atoms with Crippen LogP contribution in [0.1, 0.15) is 18.9 Å². The topological polar surface area (TPSA) is 98.7 Å². The molecule has 0 radical (unpaired) electrons. The first-order valence-electron chi connectivity index (χ1n) is 7.77. The number of benzene rings is 2. The molecule has 2 heterocycles. The van der Waals surface area contributed by atoms with Gasteiger partial charge in [0.2, 0.25) is 11.7 Å². The monoisotopic (exact) mass is 368 g/mol. The molecule has 0 saturated carbocycles. The molecule has 1 N–H and O–H groups in total. The van der Waals surface area contributed by atoms with Crippen molar-refractivity contribution in [2.24, 2.45) is 0 Å². The van der Waals surface area contributed by atoms with E-state index in [0.29, 0.717) is 33.7 Å². The average molecular weight is 369 g/mol. The van der Waals surface area contributed by atoms with Gasteiger partial charge in [-0.3, -0.25) is 0 Å². The van der Waals surface area contributed by atoms with E-state index >= 15 is 0 Å². The Morgan fingerprint density at radius 1 is 1.04 bits per heavy atom. The number of rotatable bonds is 5. The molecule has 0 bridgehead atoms. The molecule has 4 aromatic rings. The molecule has 0 aliphatic heterocycles. The highest BCUT2D eigenvalue weighted by molar-refractivity contribution is 6.31. The van der Waals surface area contributed by atoms with Gasteiger partial charge in [0, 0.05) is 5.02 Å². The molecule has 0 saturated heterocycles. The second-order valence-corrected chi connectivity index (χ2v) is 5.88. The van der Waals surface area contributed by atoms with E-state index in [9.17, 15) is 0 Å². The number of halogens is 1. The predicted molar refractivity (Wildman–Crippen MR) is 94.3 cm³/mol. The summed E-state index contributed by atoms with van der Waals surface area (Å²) in [7, 11) is 0. The van der Waals surface area contributed by atoms with Crippen LogP contribution in [-0.4, -0.2) is 30.6 Å². The number of nitrogens with zero attached hydrogens (tertiary/aromatic N) is 5. The van der Waals surface area contributed by atoms with Crippen molar-refractivity contribution in [3.8, 4) is 17.4 Å². The molecule has 1 unspecified atom stereocenters.